The smallest absolute Gasteiger partial charge is 0.310 e. The zero-order valence-electron chi connectivity index (χ0n) is 10.9. The quantitative estimate of drug-likeness (QED) is 0.676. The molecule has 0 aliphatic carbocycles. The number of carboxylic acid groups (broad SMARTS) is 1. The summed E-state index contributed by atoms with van der Waals surface area (Å²) in [5.74, 6) is -1.03. The fourth-order valence-corrected chi connectivity index (χ4v) is 2.09. The van der Waals surface area contributed by atoms with E-state index >= 15 is 0 Å². The van der Waals surface area contributed by atoms with Crippen molar-refractivity contribution in [2.45, 2.75) is 33.6 Å². The minimum atomic E-state index is -3.58. The molecular weight excluding hydrogens is 244 g/mol. The summed E-state index contributed by atoms with van der Waals surface area (Å²) in [7, 11) is -2.10. The molecule has 6 nitrogen and oxygen atoms in total. The second kappa shape index (κ2) is 6.32. The monoisotopic (exact) mass is 266 g/mol. The van der Waals surface area contributed by atoms with Crippen LogP contribution in [0.15, 0.2) is 0 Å². The number of rotatable bonds is 8. The molecule has 0 radical (unpaired) electrons. The van der Waals surface area contributed by atoms with Crippen molar-refractivity contribution < 1.29 is 18.3 Å². The Morgan fingerprint density at radius 3 is 2.35 bits per heavy atom. The summed E-state index contributed by atoms with van der Waals surface area (Å²) in [6.45, 7) is 5.23. The summed E-state index contributed by atoms with van der Waals surface area (Å²) in [5, 5.41) is 8.87. The van der Waals surface area contributed by atoms with E-state index in [4.69, 9.17) is 5.11 Å². The summed E-state index contributed by atoms with van der Waals surface area (Å²) in [6, 6.07) is 0. The Balaban J connectivity index is 4.42. The maximum atomic E-state index is 11.7. The van der Waals surface area contributed by atoms with E-state index in [2.05, 4.69) is 4.72 Å². The lowest BCUT2D eigenvalue weighted by molar-refractivity contribution is -0.146. The molecule has 0 aromatic carbocycles. The Kier molecular flexibility index (Phi) is 6.08. The van der Waals surface area contributed by atoms with Gasteiger partial charge >= 0.3 is 5.97 Å². The molecule has 0 saturated carbocycles. The molecule has 2 N–H and O–H groups in total. The van der Waals surface area contributed by atoms with E-state index < -0.39 is 21.6 Å². The number of aliphatic carboxylic acids is 1. The van der Waals surface area contributed by atoms with Crippen LogP contribution in [0.2, 0.25) is 0 Å². The third-order valence-electron chi connectivity index (χ3n) is 2.51. The number of nitrogens with zero attached hydrogens (tertiary/aromatic N) is 1. The van der Waals surface area contributed by atoms with Crippen LogP contribution in [0, 0.1) is 5.41 Å². The van der Waals surface area contributed by atoms with Crippen molar-refractivity contribution in [1.29, 1.82) is 0 Å². The Labute approximate surface area is 103 Å². The minimum absolute atomic E-state index is 0.124. The van der Waals surface area contributed by atoms with E-state index in [1.54, 1.807) is 0 Å². The number of carboxylic acids is 1. The van der Waals surface area contributed by atoms with Gasteiger partial charge in [0.1, 0.15) is 0 Å². The van der Waals surface area contributed by atoms with Crippen molar-refractivity contribution in [3.8, 4) is 0 Å². The van der Waals surface area contributed by atoms with Gasteiger partial charge in [-0.1, -0.05) is 13.3 Å². The molecule has 0 atom stereocenters. The molecule has 0 amide bonds. The summed E-state index contributed by atoms with van der Waals surface area (Å²) in [4.78, 5) is 10.8. The van der Waals surface area contributed by atoms with Crippen LogP contribution >= 0.6 is 0 Å². The highest BCUT2D eigenvalue weighted by Crippen LogP contribution is 2.14. The van der Waals surface area contributed by atoms with Gasteiger partial charge in [-0.3, -0.25) is 4.79 Å². The first-order valence-corrected chi connectivity index (χ1v) is 7.02. The van der Waals surface area contributed by atoms with Crippen molar-refractivity contribution in [1.82, 2.24) is 9.03 Å². The first-order chi connectivity index (χ1) is 7.63. The predicted octanol–water partition coefficient (Wildman–Crippen LogP) is 0.664. The number of nitrogens with one attached hydrogen (secondary N) is 1. The van der Waals surface area contributed by atoms with Crippen molar-refractivity contribution >= 4 is 16.2 Å². The van der Waals surface area contributed by atoms with E-state index in [1.807, 2.05) is 6.92 Å². The Morgan fingerprint density at radius 2 is 1.94 bits per heavy atom. The van der Waals surface area contributed by atoms with Gasteiger partial charge in [0.2, 0.25) is 0 Å². The summed E-state index contributed by atoms with van der Waals surface area (Å²) in [5.41, 5.74) is -1.11. The van der Waals surface area contributed by atoms with Crippen LogP contribution in [0.25, 0.3) is 0 Å². The Hall–Kier alpha value is -0.660. The van der Waals surface area contributed by atoms with Gasteiger partial charge in [0.05, 0.1) is 5.41 Å². The molecule has 0 saturated heterocycles. The second-order valence-corrected chi connectivity index (χ2v) is 6.55. The van der Waals surface area contributed by atoms with Crippen LogP contribution in [0.4, 0.5) is 0 Å². The third-order valence-corrected chi connectivity index (χ3v) is 4.02. The predicted molar refractivity (Wildman–Crippen MR) is 65.9 cm³/mol. The Bertz CT molecular complexity index is 351. The number of hydrogen-bond acceptors (Lipinski definition) is 3. The van der Waals surface area contributed by atoms with Crippen molar-refractivity contribution in [3.63, 3.8) is 0 Å². The number of hydrogen-bond donors (Lipinski definition) is 2. The summed E-state index contributed by atoms with van der Waals surface area (Å²) < 4.78 is 27.0. The normalized spacial score (nSPS) is 13.0. The fraction of sp³-hybridized carbons (Fsp3) is 0.900. The molecule has 0 aliphatic heterocycles. The lowest BCUT2D eigenvalue weighted by atomic mass is 9.95. The highest BCUT2D eigenvalue weighted by atomic mass is 32.2. The van der Waals surface area contributed by atoms with Crippen LogP contribution in [-0.2, 0) is 15.0 Å². The molecule has 0 aromatic rings. The molecule has 0 fully saturated rings. The highest BCUT2D eigenvalue weighted by Gasteiger charge is 2.29. The van der Waals surface area contributed by atoms with Gasteiger partial charge < -0.3 is 5.11 Å². The molecule has 0 aromatic heterocycles. The fourth-order valence-electron chi connectivity index (χ4n) is 0.958. The Morgan fingerprint density at radius 1 is 1.41 bits per heavy atom. The van der Waals surface area contributed by atoms with E-state index in [-0.39, 0.29) is 6.54 Å². The van der Waals surface area contributed by atoms with Gasteiger partial charge in [0.15, 0.2) is 0 Å². The SMILES string of the molecule is CCCCN(C)S(=O)(=O)NCC(C)(C)C(=O)O. The molecule has 0 spiro atoms. The highest BCUT2D eigenvalue weighted by molar-refractivity contribution is 7.87. The molecule has 0 rings (SSSR count). The largest absolute Gasteiger partial charge is 0.481 e. The zero-order valence-corrected chi connectivity index (χ0v) is 11.7. The average molecular weight is 266 g/mol. The topological polar surface area (TPSA) is 86.7 Å². The third kappa shape index (κ3) is 5.47. The van der Waals surface area contributed by atoms with Crippen LogP contribution < -0.4 is 4.72 Å². The summed E-state index contributed by atoms with van der Waals surface area (Å²) in [6.07, 6.45) is 1.68. The first-order valence-electron chi connectivity index (χ1n) is 5.58. The molecule has 0 bridgehead atoms. The number of carbonyl (C=O) groups is 1. The number of unbranched alkanes of at least 4 members (excludes halogenated alkanes) is 1. The van der Waals surface area contributed by atoms with E-state index in [0.29, 0.717) is 6.54 Å². The lowest BCUT2D eigenvalue weighted by Gasteiger charge is -2.22. The van der Waals surface area contributed by atoms with Crippen LogP contribution in [0.5, 0.6) is 0 Å². The van der Waals surface area contributed by atoms with Gasteiger partial charge in [0.25, 0.3) is 10.2 Å². The van der Waals surface area contributed by atoms with Crippen LogP contribution in [0.3, 0.4) is 0 Å². The summed E-state index contributed by atoms with van der Waals surface area (Å²) >= 11 is 0. The molecule has 0 unspecified atom stereocenters. The molecule has 0 aliphatic rings. The molecule has 7 heteroatoms. The van der Waals surface area contributed by atoms with Gasteiger partial charge in [0, 0.05) is 20.1 Å². The maximum absolute atomic E-state index is 11.7. The van der Waals surface area contributed by atoms with Gasteiger partial charge in [-0.25, -0.2) is 4.72 Å². The molecule has 17 heavy (non-hydrogen) atoms. The standard InChI is InChI=1S/C10H22N2O4S/c1-5-6-7-12(4)17(15,16)11-8-10(2,3)9(13)14/h11H,5-8H2,1-4H3,(H,13,14). The van der Waals surface area contributed by atoms with Gasteiger partial charge in [-0.2, -0.15) is 12.7 Å². The first kappa shape index (κ1) is 16.3. The lowest BCUT2D eigenvalue weighted by Crippen LogP contribution is -2.44. The van der Waals surface area contributed by atoms with Crippen molar-refractivity contribution in [2.75, 3.05) is 20.1 Å². The van der Waals surface area contributed by atoms with E-state index in [9.17, 15) is 13.2 Å². The average Bonchev–Trinajstić information content (AvgIpc) is 2.23. The maximum Gasteiger partial charge on any atom is 0.310 e. The van der Waals surface area contributed by atoms with Crippen molar-refractivity contribution in [3.05, 3.63) is 0 Å². The molecular formula is C10H22N2O4S. The zero-order chi connectivity index (χ0) is 13.7. The van der Waals surface area contributed by atoms with Crippen LogP contribution in [0.1, 0.15) is 33.6 Å². The van der Waals surface area contributed by atoms with Crippen molar-refractivity contribution in [2.24, 2.45) is 5.41 Å². The minimum Gasteiger partial charge on any atom is -0.481 e. The second-order valence-electron chi connectivity index (χ2n) is 4.69. The molecule has 0 heterocycles. The molecule has 102 valence electrons. The van der Waals surface area contributed by atoms with Crippen LogP contribution in [-0.4, -0.2) is 43.9 Å². The van der Waals surface area contributed by atoms with E-state index in [0.717, 1.165) is 12.8 Å². The van der Waals surface area contributed by atoms with E-state index in [1.165, 1.54) is 25.2 Å². The van der Waals surface area contributed by atoms with Gasteiger partial charge in [-0.05, 0) is 20.3 Å². The van der Waals surface area contributed by atoms with Gasteiger partial charge in [-0.15, -0.1) is 0 Å².